The lowest BCUT2D eigenvalue weighted by Crippen LogP contribution is -2.03. The van der Waals surface area contributed by atoms with Crippen LogP contribution >= 0.6 is 11.6 Å². The van der Waals surface area contributed by atoms with Crippen LogP contribution in [-0.4, -0.2) is 0 Å². The van der Waals surface area contributed by atoms with Crippen molar-refractivity contribution in [1.29, 1.82) is 5.26 Å². The Morgan fingerprint density at radius 1 is 1.28 bits per heavy atom. The third-order valence-electron chi connectivity index (χ3n) is 3.55. The molecule has 2 rings (SSSR count). The van der Waals surface area contributed by atoms with E-state index in [4.69, 9.17) is 16.9 Å². The highest BCUT2D eigenvalue weighted by Crippen LogP contribution is 2.25. The number of hydrogen-bond acceptors (Lipinski definition) is 1. The highest BCUT2D eigenvalue weighted by atomic mass is 35.5. The van der Waals surface area contributed by atoms with E-state index in [0.717, 1.165) is 11.5 Å². The molecule has 0 saturated heterocycles. The molecule has 0 heterocycles. The normalized spacial score (nSPS) is 15.4. The Kier molecular flexibility index (Phi) is 6.83. The van der Waals surface area contributed by atoms with Crippen LogP contribution in [0, 0.1) is 24.2 Å². The first-order valence-corrected chi connectivity index (χ1v) is 7.21. The van der Waals surface area contributed by atoms with Crippen molar-refractivity contribution >= 4 is 11.6 Å². The van der Waals surface area contributed by atoms with Gasteiger partial charge in [-0.15, -0.1) is 0 Å². The van der Waals surface area contributed by atoms with Crippen molar-refractivity contribution in [3.63, 3.8) is 0 Å². The Morgan fingerprint density at radius 2 is 1.94 bits per heavy atom. The van der Waals surface area contributed by atoms with Gasteiger partial charge in [0.05, 0.1) is 10.6 Å². The molecule has 1 aromatic carbocycles. The summed E-state index contributed by atoms with van der Waals surface area (Å²) in [7, 11) is 0. The smallest absolute Gasteiger partial charge is 0.101 e. The van der Waals surface area contributed by atoms with E-state index in [2.05, 4.69) is 6.92 Å². The third kappa shape index (κ3) is 5.10. The Hall–Kier alpha value is -1.00. The van der Waals surface area contributed by atoms with E-state index in [0.29, 0.717) is 10.6 Å². The predicted molar refractivity (Wildman–Crippen MR) is 77.8 cm³/mol. The van der Waals surface area contributed by atoms with Crippen LogP contribution in [0.5, 0.6) is 0 Å². The van der Waals surface area contributed by atoms with Crippen LogP contribution < -0.4 is 0 Å². The molecule has 1 aliphatic carbocycles. The van der Waals surface area contributed by atoms with Gasteiger partial charge in [0.2, 0.25) is 0 Å². The van der Waals surface area contributed by atoms with Gasteiger partial charge in [0.25, 0.3) is 0 Å². The fourth-order valence-electron chi connectivity index (χ4n) is 2.31. The van der Waals surface area contributed by atoms with Crippen LogP contribution in [0.3, 0.4) is 0 Å². The zero-order valence-corrected chi connectivity index (χ0v) is 12.1. The summed E-state index contributed by atoms with van der Waals surface area (Å²) in [5.41, 5.74) is 1.61. The second-order valence-electron chi connectivity index (χ2n) is 5.01. The average Bonchev–Trinajstić information content (AvgIpc) is 2.40. The first kappa shape index (κ1) is 15.1. The molecule has 1 aliphatic rings. The van der Waals surface area contributed by atoms with Crippen molar-refractivity contribution < 1.29 is 0 Å². The minimum atomic E-state index is 0.530. The molecule has 0 aromatic heterocycles. The molecule has 0 bridgehead atoms. The summed E-state index contributed by atoms with van der Waals surface area (Å²) in [4.78, 5) is 0. The van der Waals surface area contributed by atoms with Crippen LogP contribution in [0.15, 0.2) is 18.2 Å². The Morgan fingerprint density at radius 3 is 2.39 bits per heavy atom. The number of halogens is 1. The molecule has 0 spiro atoms. The summed E-state index contributed by atoms with van der Waals surface area (Å²) in [6, 6.07) is 7.35. The Labute approximate surface area is 116 Å². The summed E-state index contributed by atoms with van der Waals surface area (Å²) in [6.45, 7) is 4.25. The molecule has 0 atom stereocenters. The fraction of sp³-hybridized carbons (Fsp3) is 0.562. The SMILES string of the molecule is CCC1CCCCC1.Cc1ccc(C#N)c(Cl)c1. The van der Waals surface area contributed by atoms with Gasteiger partial charge in [-0.3, -0.25) is 0 Å². The molecule has 18 heavy (non-hydrogen) atoms. The van der Waals surface area contributed by atoms with E-state index in [1.807, 2.05) is 19.1 Å². The van der Waals surface area contributed by atoms with Gasteiger partial charge in [0, 0.05) is 0 Å². The summed E-state index contributed by atoms with van der Waals surface area (Å²) < 4.78 is 0. The van der Waals surface area contributed by atoms with Crippen LogP contribution in [0.25, 0.3) is 0 Å². The average molecular weight is 264 g/mol. The van der Waals surface area contributed by atoms with E-state index in [1.54, 1.807) is 12.1 Å². The van der Waals surface area contributed by atoms with Crippen LogP contribution in [-0.2, 0) is 0 Å². The fourth-order valence-corrected chi connectivity index (χ4v) is 2.58. The lowest BCUT2D eigenvalue weighted by atomic mass is 9.88. The summed E-state index contributed by atoms with van der Waals surface area (Å²) in [6.07, 6.45) is 8.93. The molecule has 0 amide bonds. The summed E-state index contributed by atoms with van der Waals surface area (Å²) in [5.74, 6) is 1.09. The first-order valence-electron chi connectivity index (χ1n) is 6.83. The van der Waals surface area contributed by atoms with Gasteiger partial charge >= 0.3 is 0 Å². The quantitative estimate of drug-likeness (QED) is 0.657. The lowest BCUT2D eigenvalue weighted by Gasteiger charge is -2.18. The molecule has 2 heteroatoms. The van der Waals surface area contributed by atoms with Crippen molar-refractivity contribution in [2.45, 2.75) is 52.4 Å². The Balaban J connectivity index is 0.000000184. The molecule has 1 nitrogen and oxygen atoms in total. The van der Waals surface area contributed by atoms with Gasteiger partial charge in [-0.2, -0.15) is 5.26 Å². The molecule has 1 aromatic rings. The highest BCUT2D eigenvalue weighted by Gasteiger charge is 2.09. The van der Waals surface area contributed by atoms with Gasteiger partial charge in [-0.05, 0) is 30.5 Å². The van der Waals surface area contributed by atoms with E-state index in [9.17, 15) is 0 Å². The molecule has 0 N–H and O–H groups in total. The minimum absolute atomic E-state index is 0.530. The molecule has 98 valence electrons. The van der Waals surface area contributed by atoms with Crippen LogP contribution in [0.2, 0.25) is 5.02 Å². The van der Waals surface area contributed by atoms with Gasteiger partial charge in [-0.1, -0.05) is 63.1 Å². The van der Waals surface area contributed by atoms with E-state index < -0.39 is 0 Å². The maximum atomic E-state index is 8.47. The number of nitriles is 1. The lowest BCUT2D eigenvalue weighted by molar-refractivity contribution is 0.349. The van der Waals surface area contributed by atoms with Gasteiger partial charge in [0.1, 0.15) is 6.07 Å². The zero-order valence-electron chi connectivity index (χ0n) is 11.4. The summed E-state index contributed by atoms with van der Waals surface area (Å²) in [5, 5.41) is 9.00. The molecule has 1 fully saturated rings. The van der Waals surface area contributed by atoms with Crippen LogP contribution in [0.4, 0.5) is 0 Å². The van der Waals surface area contributed by atoms with Crippen molar-refractivity contribution in [2.75, 3.05) is 0 Å². The predicted octanol–water partition coefficient (Wildman–Crippen LogP) is 5.50. The minimum Gasteiger partial charge on any atom is -0.192 e. The van der Waals surface area contributed by atoms with Crippen LogP contribution in [0.1, 0.15) is 56.6 Å². The second-order valence-corrected chi connectivity index (χ2v) is 5.41. The van der Waals surface area contributed by atoms with E-state index in [1.165, 1.54) is 38.5 Å². The molecule has 0 unspecified atom stereocenters. The molecular weight excluding hydrogens is 242 g/mol. The maximum absolute atomic E-state index is 8.47. The molecule has 1 saturated carbocycles. The standard InChI is InChI=1S/C8H6ClN.C8H16/c1-6-2-3-7(5-10)8(9)4-6;1-2-8-6-4-3-5-7-8/h2-4H,1H3;8H,2-7H2,1H3. The monoisotopic (exact) mass is 263 g/mol. The second kappa shape index (κ2) is 8.16. The molecule has 0 aliphatic heterocycles. The number of hydrogen-bond donors (Lipinski definition) is 0. The maximum Gasteiger partial charge on any atom is 0.101 e. The van der Waals surface area contributed by atoms with Crippen molar-refractivity contribution in [3.05, 3.63) is 34.3 Å². The largest absolute Gasteiger partial charge is 0.192 e. The van der Waals surface area contributed by atoms with Gasteiger partial charge in [-0.25, -0.2) is 0 Å². The topological polar surface area (TPSA) is 23.8 Å². The van der Waals surface area contributed by atoms with Crippen molar-refractivity contribution in [1.82, 2.24) is 0 Å². The Bertz CT molecular complexity index is 400. The molecule has 0 radical (unpaired) electrons. The van der Waals surface area contributed by atoms with Crippen molar-refractivity contribution in [3.8, 4) is 6.07 Å². The number of nitrogens with zero attached hydrogens (tertiary/aromatic N) is 1. The first-order chi connectivity index (χ1) is 8.67. The number of benzene rings is 1. The van der Waals surface area contributed by atoms with Gasteiger partial charge in [0.15, 0.2) is 0 Å². The number of aryl methyl sites for hydroxylation is 1. The highest BCUT2D eigenvalue weighted by molar-refractivity contribution is 6.31. The van der Waals surface area contributed by atoms with E-state index >= 15 is 0 Å². The number of rotatable bonds is 1. The molecular formula is C16H22ClN. The zero-order chi connectivity index (χ0) is 13.4. The summed E-state index contributed by atoms with van der Waals surface area (Å²) >= 11 is 5.71. The third-order valence-corrected chi connectivity index (χ3v) is 3.86. The van der Waals surface area contributed by atoms with Crippen molar-refractivity contribution in [2.24, 2.45) is 5.92 Å². The van der Waals surface area contributed by atoms with E-state index in [-0.39, 0.29) is 0 Å². The van der Waals surface area contributed by atoms with Gasteiger partial charge < -0.3 is 0 Å².